The summed E-state index contributed by atoms with van der Waals surface area (Å²) in [6.45, 7) is 2.76. The van der Waals surface area contributed by atoms with Crippen molar-refractivity contribution in [2.45, 2.75) is 6.42 Å². The average Bonchev–Trinajstić information content (AvgIpc) is 3.25. The van der Waals surface area contributed by atoms with Gasteiger partial charge in [0.15, 0.2) is 11.4 Å². The number of morpholine rings is 1. The maximum absolute atomic E-state index is 12.6. The molecular formula is C17H18N6O4. The van der Waals surface area contributed by atoms with Crippen LogP contribution in [0.25, 0.3) is 5.65 Å². The fourth-order valence-electron chi connectivity index (χ4n) is 3.11. The summed E-state index contributed by atoms with van der Waals surface area (Å²) in [4.78, 5) is 30.5. The van der Waals surface area contributed by atoms with E-state index in [1.54, 1.807) is 29.9 Å². The monoisotopic (exact) mass is 370 g/mol. The third-order valence-electron chi connectivity index (χ3n) is 4.47. The van der Waals surface area contributed by atoms with Gasteiger partial charge >= 0.3 is 5.97 Å². The Hall–Kier alpha value is -3.27. The molecule has 0 aromatic carbocycles. The zero-order valence-electron chi connectivity index (χ0n) is 14.7. The van der Waals surface area contributed by atoms with Crippen LogP contribution in [0.4, 0.5) is 5.95 Å². The number of carbonyl (C=O) groups is 2. The molecule has 27 heavy (non-hydrogen) atoms. The van der Waals surface area contributed by atoms with Gasteiger partial charge in [0.1, 0.15) is 11.3 Å². The number of hydrogen-bond acceptors (Lipinski definition) is 7. The van der Waals surface area contributed by atoms with Crippen LogP contribution in [-0.4, -0.2) is 67.5 Å². The van der Waals surface area contributed by atoms with Crippen molar-refractivity contribution in [3.63, 3.8) is 0 Å². The minimum Gasteiger partial charge on any atom is -0.478 e. The fourth-order valence-corrected chi connectivity index (χ4v) is 3.11. The van der Waals surface area contributed by atoms with E-state index in [1.807, 2.05) is 0 Å². The van der Waals surface area contributed by atoms with Gasteiger partial charge in [0.25, 0.3) is 0 Å². The Morgan fingerprint density at radius 1 is 1.26 bits per heavy atom. The molecule has 4 rings (SSSR count). The number of hydrogen-bond donors (Lipinski definition) is 1. The van der Waals surface area contributed by atoms with E-state index in [-0.39, 0.29) is 23.5 Å². The SMILES string of the molecule is Cn1ncc(C(=O)O)c1C(=O)Cc1ccc2nc(N3CCOCC3)nn2c1. The number of fused-ring (bicyclic) bond motifs is 1. The number of carbonyl (C=O) groups excluding carboxylic acids is 1. The Labute approximate surface area is 154 Å². The Kier molecular flexibility index (Phi) is 4.32. The van der Waals surface area contributed by atoms with E-state index in [0.29, 0.717) is 30.4 Å². The highest BCUT2D eigenvalue weighted by molar-refractivity contribution is 6.05. The minimum absolute atomic E-state index is 0.0441. The van der Waals surface area contributed by atoms with Crippen LogP contribution in [0.15, 0.2) is 24.5 Å². The van der Waals surface area contributed by atoms with E-state index in [4.69, 9.17) is 4.74 Å². The van der Waals surface area contributed by atoms with Gasteiger partial charge in [-0.3, -0.25) is 9.48 Å². The van der Waals surface area contributed by atoms with Crippen LogP contribution >= 0.6 is 0 Å². The van der Waals surface area contributed by atoms with Crippen molar-refractivity contribution in [1.82, 2.24) is 24.4 Å². The highest BCUT2D eigenvalue weighted by atomic mass is 16.5. The van der Waals surface area contributed by atoms with Gasteiger partial charge in [-0.1, -0.05) is 6.07 Å². The highest BCUT2D eigenvalue weighted by Gasteiger charge is 2.22. The lowest BCUT2D eigenvalue weighted by Crippen LogP contribution is -2.36. The van der Waals surface area contributed by atoms with Crippen LogP contribution in [0.3, 0.4) is 0 Å². The van der Waals surface area contributed by atoms with Gasteiger partial charge < -0.3 is 14.7 Å². The third kappa shape index (κ3) is 3.26. The van der Waals surface area contributed by atoms with E-state index < -0.39 is 5.97 Å². The van der Waals surface area contributed by atoms with Crippen molar-refractivity contribution in [2.75, 3.05) is 31.2 Å². The topological polar surface area (TPSA) is 115 Å². The zero-order chi connectivity index (χ0) is 19.0. The second-order valence-corrected chi connectivity index (χ2v) is 6.29. The van der Waals surface area contributed by atoms with E-state index in [1.165, 1.54) is 10.9 Å². The smallest absolute Gasteiger partial charge is 0.339 e. The molecule has 4 heterocycles. The Morgan fingerprint density at radius 2 is 2.04 bits per heavy atom. The second kappa shape index (κ2) is 6.80. The van der Waals surface area contributed by atoms with Crippen LogP contribution in [0, 0.1) is 0 Å². The number of aromatic nitrogens is 5. The minimum atomic E-state index is -1.17. The van der Waals surface area contributed by atoms with Crippen molar-refractivity contribution in [3.8, 4) is 0 Å². The quantitative estimate of drug-likeness (QED) is 0.643. The van der Waals surface area contributed by atoms with Crippen molar-refractivity contribution >= 4 is 23.3 Å². The molecule has 3 aromatic rings. The van der Waals surface area contributed by atoms with Gasteiger partial charge in [-0.15, -0.1) is 5.10 Å². The molecule has 0 spiro atoms. The maximum Gasteiger partial charge on any atom is 0.339 e. The van der Waals surface area contributed by atoms with Crippen molar-refractivity contribution in [1.29, 1.82) is 0 Å². The lowest BCUT2D eigenvalue weighted by molar-refractivity contribution is 0.0691. The Balaban J connectivity index is 1.58. The molecule has 0 atom stereocenters. The largest absolute Gasteiger partial charge is 0.478 e. The fraction of sp³-hybridized carbons (Fsp3) is 0.353. The van der Waals surface area contributed by atoms with Crippen LogP contribution in [0.5, 0.6) is 0 Å². The van der Waals surface area contributed by atoms with Crippen molar-refractivity contribution < 1.29 is 19.4 Å². The van der Waals surface area contributed by atoms with Crippen LogP contribution in [0.1, 0.15) is 26.4 Å². The van der Waals surface area contributed by atoms with Gasteiger partial charge in [-0.25, -0.2) is 9.31 Å². The summed E-state index contributed by atoms with van der Waals surface area (Å²) in [6.07, 6.45) is 2.97. The molecule has 0 bridgehead atoms. The number of aryl methyl sites for hydroxylation is 1. The van der Waals surface area contributed by atoms with Gasteiger partial charge in [0.2, 0.25) is 5.95 Å². The second-order valence-electron chi connectivity index (χ2n) is 6.29. The number of rotatable bonds is 5. The predicted octanol–water partition coefficient (Wildman–Crippen LogP) is 0.423. The van der Waals surface area contributed by atoms with E-state index in [9.17, 15) is 14.7 Å². The molecule has 1 fully saturated rings. The van der Waals surface area contributed by atoms with Gasteiger partial charge in [-0.05, 0) is 11.6 Å². The molecule has 1 aliphatic heterocycles. The summed E-state index contributed by atoms with van der Waals surface area (Å²) in [5, 5.41) is 17.6. The molecule has 0 aliphatic carbocycles. The highest BCUT2D eigenvalue weighted by Crippen LogP contribution is 2.16. The zero-order valence-corrected chi connectivity index (χ0v) is 14.7. The van der Waals surface area contributed by atoms with E-state index in [2.05, 4.69) is 20.1 Å². The van der Waals surface area contributed by atoms with Crippen LogP contribution in [0.2, 0.25) is 0 Å². The summed E-state index contributed by atoms with van der Waals surface area (Å²) in [5.41, 5.74) is 1.37. The Morgan fingerprint density at radius 3 is 2.78 bits per heavy atom. The lowest BCUT2D eigenvalue weighted by Gasteiger charge is -2.25. The summed E-state index contributed by atoms with van der Waals surface area (Å²) in [5.74, 6) is -0.866. The standard InChI is InChI=1S/C17H18N6O4/c1-21-15(12(9-18-21)16(25)26)13(24)8-11-2-3-14-19-17(20-23(14)10-11)22-4-6-27-7-5-22/h2-3,9-10H,4-8H2,1H3,(H,25,26). The Bertz CT molecular complexity index is 1020. The van der Waals surface area contributed by atoms with Crippen LogP contribution in [-0.2, 0) is 18.2 Å². The molecule has 1 saturated heterocycles. The molecule has 1 N–H and O–H groups in total. The van der Waals surface area contributed by atoms with Gasteiger partial charge in [0, 0.05) is 32.8 Å². The number of ether oxygens (including phenoxy) is 1. The van der Waals surface area contributed by atoms with Gasteiger partial charge in [-0.2, -0.15) is 10.1 Å². The molecule has 0 unspecified atom stereocenters. The number of Topliss-reactive ketones (excluding diaryl/α,β-unsaturated/α-hetero) is 1. The molecular weight excluding hydrogens is 352 g/mol. The summed E-state index contributed by atoms with van der Waals surface area (Å²) in [7, 11) is 1.55. The van der Waals surface area contributed by atoms with Crippen molar-refractivity contribution in [2.24, 2.45) is 7.05 Å². The van der Waals surface area contributed by atoms with E-state index in [0.717, 1.165) is 13.1 Å². The number of anilines is 1. The average molecular weight is 370 g/mol. The maximum atomic E-state index is 12.6. The first-order valence-corrected chi connectivity index (χ1v) is 8.49. The molecule has 10 nitrogen and oxygen atoms in total. The molecule has 3 aromatic heterocycles. The number of carboxylic acids is 1. The number of nitrogens with zero attached hydrogens (tertiary/aromatic N) is 6. The van der Waals surface area contributed by atoms with Crippen LogP contribution < -0.4 is 4.90 Å². The number of aromatic carboxylic acids is 1. The first-order valence-electron chi connectivity index (χ1n) is 8.49. The predicted molar refractivity (Wildman–Crippen MR) is 94.2 cm³/mol. The number of carboxylic acid groups (broad SMARTS) is 1. The van der Waals surface area contributed by atoms with E-state index >= 15 is 0 Å². The summed E-state index contributed by atoms with van der Waals surface area (Å²) >= 11 is 0. The molecule has 1 aliphatic rings. The molecule has 0 saturated carbocycles. The molecule has 0 radical (unpaired) electrons. The molecule has 10 heteroatoms. The lowest BCUT2D eigenvalue weighted by atomic mass is 10.1. The summed E-state index contributed by atoms with van der Waals surface area (Å²) < 4.78 is 8.26. The third-order valence-corrected chi connectivity index (χ3v) is 4.47. The number of pyridine rings is 1. The van der Waals surface area contributed by atoms with Gasteiger partial charge in [0.05, 0.1) is 19.4 Å². The number of ketones is 1. The molecule has 140 valence electrons. The summed E-state index contributed by atoms with van der Waals surface area (Å²) in [6, 6.07) is 3.59. The normalized spacial score (nSPS) is 14.6. The molecule has 0 amide bonds. The van der Waals surface area contributed by atoms with Crippen molar-refractivity contribution in [3.05, 3.63) is 41.3 Å². The first kappa shape index (κ1) is 17.2. The first-order chi connectivity index (χ1) is 13.0.